The van der Waals surface area contributed by atoms with Crippen molar-refractivity contribution < 1.29 is 14.3 Å². The van der Waals surface area contributed by atoms with Gasteiger partial charge in [-0.3, -0.25) is 9.59 Å². The van der Waals surface area contributed by atoms with E-state index in [0.29, 0.717) is 11.3 Å². The number of nitrogens with one attached hydrogen (secondary N) is 1. The first-order chi connectivity index (χ1) is 14.0. The summed E-state index contributed by atoms with van der Waals surface area (Å²) in [6.45, 7) is 3.52. The van der Waals surface area contributed by atoms with E-state index in [0.717, 1.165) is 21.5 Å². The number of pyridine rings is 1. The van der Waals surface area contributed by atoms with Gasteiger partial charge < -0.3 is 10.1 Å². The largest absolute Gasteiger partial charge is 0.452 e. The molecular weight excluding hydrogens is 386 g/mol. The molecule has 0 aliphatic rings. The van der Waals surface area contributed by atoms with E-state index in [9.17, 15) is 9.59 Å². The molecule has 1 heterocycles. The minimum atomic E-state index is -0.940. The molecule has 1 aromatic heterocycles. The number of hydrogen-bond acceptors (Lipinski definition) is 6. The average Bonchev–Trinajstić information content (AvgIpc) is 2.73. The van der Waals surface area contributed by atoms with E-state index in [1.165, 1.54) is 18.7 Å². The summed E-state index contributed by atoms with van der Waals surface area (Å²) in [6, 6.07) is 18.2. The zero-order valence-electron chi connectivity index (χ0n) is 16.0. The second kappa shape index (κ2) is 9.22. The van der Waals surface area contributed by atoms with Crippen molar-refractivity contribution in [1.82, 2.24) is 4.98 Å². The zero-order chi connectivity index (χ0) is 20.8. The molecule has 3 aromatic rings. The van der Waals surface area contributed by atoms with Gasteiger partial charge in [0.2, 0.25) is 0 Å². The fourth-order valence-electron chi connectivity index (χ4n) is 2.68. The van der Waals surface area contributed by atoms with Crippen molar-refractivity contribution in [2.24, 2.45) is 0 Å². The minimum absolute atomic E-state index is 0.0548. The molecule has 0 radical (unpaired) electrons. The van der Waals surface area contributed by atoms with E-state index in [2.05, 4.69) is 10.3 Å². The van der Waals surface area contributed by atoms with E-state index < -0.39 is 18.0 Å². The number of rotatable bonds is 6. The Kier molecular flexibility index (Phi) is 6.47. The fraction of sp³-hybridized carbons (Fsp3) is 0.182. The van der Waals surface area contributed by atoms with E-state index in [1.807, 2.05) is 43.3 Å². The quantitative estimate of drug-likeness (QED) is 0.491. The molecule has 1 N–H and O–H groups in total. The lowest BCUT2D eigenvalue weighted by Gasteiger charge is -2.13. The number of ether oxygens (including phenoxy) is 1. The number of thioether (sulfide) groups is 1. The highest BCUT2D eigenvalue weighted by Gasteiger charge is 2.18. The van der Waals surface area contributed by atoms with Crippen LogP contribution in [0.25, 0.3) is 10.9 Å². The van der Waals surface area contributed by atoms with Crippen LogP contribution in [0.4, 0.5) is 5.69 Å². The molecule has 0 spiro atoms. The number of carbonyl (C=O) groups excluding carboxylic acids is 2. The number of amides is 1. The minimum Gasteiger partial charge on any atom is -0.452 e. The lowest BCUT2D eigenvalue weighted by molar-refractivity contribution is -0.150. The van der Waals surface area contributed by atoms with Gasteiger partial charge in [-0.05, 0) is 55.8 Å². The number of fused-ring (bicyclic) bond motifs is 1. The molecule has 1 atom stereocenters. The monoisotopic (exact) mass is 405 g/mol. The van der Waals surface area contributed by atoms with E-state index >= 15 is 0 Å². The molecule has 1 amide bonds. The Morgan fingerprint density at radius 3 is 2.66 bits per heavy atom. The standard InChI is InChI=1S/C22H19N3O3S/c1-14-11-20(25-19-6-4-3-5-18(14)19)29-13-21(26)28-15(2)22(27)24-17-9-7-16(12-23)8-10-17/h3-11,15H,13H2,1-2H3,(H,24,27)/t15-/m0/s1. The number of nitriles is 1. The first-order valence-corrected chi connectivity index (χ1v) is 9.94. The van der Waals surface area contributed by atoms with Crippen LogP contribution in [0.2, 0.25) is 0 Å². The highest BCUT2D eigenvalue weighted by atomic mass is 32.2. The zero-order valence-corrected chi connectivity index (χ0v) is 16.8. The first kappa shape index (κ1) is 20.4. The molecule has 0 saturated heterocycles. The van der Waals surface area contributed by atoms with Crippen molar-refractivity contribution in [3.63, 3.8) is 0 Å². The second-order valence-electron chi connectivity index (χ2n) is 6.39. The third-order valence-electron chi connectivity index (χ3n) is 4.20. The van der Waals surface area contributed by atoms with Crippen LogP contribution in [0.3, 0.4) is 0 Å². The van der Waals surface area contributed by atoms with Gasteiger partial charge in [-0.1, -0.05) is 30.0 Å². The normalized spacial score (nSPS) is 11.5. The maximum absolute atomic E-state index is 12.2. The van der Waals surface area contributed by atoms with Crippen LogP contribution in [0.1, 0.15) is 18.1 Å². The predicted molar refractivity (Wildman–Crippen MR) is 113 cm³/mol. The molecular formula is C22H19N3O3S. The number of esters is 1. The number of aryl methyl sites for hydroxylation is 1. The highest BCUT2D eigenvalue weighted by Crippen LogP contribution is 2.23. The van der Waals surface area contributed by atoms with Gasteiger partial charge >= 0.3 is 5.97 Å². The smallest absolute Gasteiger partial charge is 0.317 e. The molecule has 0 fully saturated rings. The van der Waals surface area contributed by atoms with Gasteiger partial charge in [0.05, 0.1) is 27.9 Å². The molecule has 0 bridgehead atoms. The summed E-state index contributed by atoms with van der Waals surface area (Å²) in [5, 5.41) is 13.3. The van der Waals surface area contributed by atoms with E-state index in [4.69, 9.17) is 10.00 Å². The number of nitrogens with zero attached hydrogens (tertiary/aromatic N) is 2. The summed E-state index contributed by atoms with van der Waals surface area (Å²) in [7, 11) is 0. The maximum atomic E-state index is 12.2. The van der Waals surface area contributed by atoms with Crippen molar-refractivity contribution in [1.29, 1.82) is 5.26 Å². The Morgan fingerprint density at radius 1 is 1.21 bits per heavy atom. The van der Waals surface area contributed by atoms with E-state index in [-0.39, 0.29) is 5.75 Å². The summed E-state index contributed by atoms with van der Waals surface area (Å²) in [4.78, 5) is 28.9. The summed E-state index contributed by atoms with van der Waals surface area (Å²) >= 11 is 1.27. The third-order valence-corrected chi connectivity index (χ3v) is 5.08. The van der Waals surface area contributed by atoms with Crippen molar-refractivity contribution in [3.05, 3.63) is 65.7 Å². The second-order valence-corrected chi connectivity index (χ2v) is 7.39. The van der Waals surface area contributed by atoms with Gasteiger partial charge in [0.15, 0.2) is 6.10 Å². The Hall–Kier alpha value is -3.37. The van der Waals surface area contributed by atoms with Crippen molar-refractivity contribution in [2.75, 3.05) is 11.1 Å². The third kappa shape index (κ3) is 5.33. The Bertz CT molecular complexity index is 1090. The Labute approximate surface area is 172 Å². The number of hydrogen-bond donors (Lipinski definition) is 1. The average molecular weight is 405 g/mol. The highest BCUT2D eigenvalue weighted by molar-refractivity contribution is 7.99. The van der Waals surface area contributed by atoms with Crippen LogP contribution in [0, 0.1) is 18.3 Å². The Morgan fingerprint density at radius 2 is 1.93 bits per heavy atom. The van der Waals surface area contributed by atoms with Crippen molar-refractivity contribution in [2.45, 2.75) is 25.0 Å². The predicted octanol–water partition coefficient (Wildman–Crippen LogP) is 4.08. The molecule has 146 valence electrons. The first-order valence-electron chi connectivity index (χ1n) is 8.96. The van der Waals surface area contributed by atoms with Gasteiger partial charge in [0.1, 0.15) is 0 Å². The maximum Gasteiger partial charge on any atom is 0.317 e. The summed E-state index contributed by atoms with van der Waals surface area (Å²) in [5.74, 6) is -0.878. The summed E-state index contributed by atoms with van der Waals surface area (Å²) in [5.41, 5.74) is 2.99. The Balaban J connectivity index is 1.53. The number of para-hydroxylation sites is 1. The molecule has 29 heavy (non-hydrogen) atoms. The number of anilines is 1. The molecule has 0 aliphatic carbocycles. The van der Waals surface area contributed by atoms with E-state index in [1.54, 1.807) is 24.3 Å². The van der Waals surface area contributed by atoms with Gasteiger partial charge in [-0.25, -0.2) is 4.98 Å². The van der Waals surface area contributed by atoms with Gasteiger partial charge in [-0.15, -0.1) is 0 Å². The molecule has 0 saturated carbocycles. The topological polar surface area (TPSA) is 92.1 Å². The van der Waals surface area contributed by atoms with Crippen molar-refractivity contribution in [3.8, 4) is 6.07 Å². The lowest BCUT2D eigenvalue weighted by atomic mass is 10.1. The molecule has 0 aliphatic heterocycles. The molecule has 3 rings (SSSR count). The fourth-order valence-corrected chi connectivity index (χ4v) is 3.44. The van der Waals surface area contributed by atoms with Crippen LogP contribution in [0.5, 0.6) is 0 Å². The van der Waals surface area contributed by atoms with Gasteiger partial charge in [0.25, 0.3) is 5.91 Å². The van der Waals surface area contributed by atoms with Crippen molar-refractivity contribution >= 4 is 40.2 Å². The van der Waals surface area contributed by atoms with Crippen LogP contribution in [0.15, 0.2) is 59.6 Å². The lowest BCUT2D eigenvalue weighted by Crippen LogP contribution is -2.30. The van der Waals surface area contributed by atoms with Gasteiger partial charge in [0, 0.05) is 11.1 Å². The van der Waals surface area contributed by atoms with Crippen LogP contribution in [-0.4, -0.2) is 28.7 Å². The summed E-state index contributed by atoms with van der Waals surface area (Å²) in [6.07, 6.45) is -0.940. The van der Waals surface area contributed by atoms with Crippen LogP contribution >= 0.6 is 11.8 Å². The summed E-state index contributed by atoms with van der Waals surface area (Å²) < 4.78 is 5.22. The number of aromatic nitrogens is 1. The molecule has 2 aromatic carbocycles. The molecule has 7 heteroatoms. The SMILES string of the molecule is Cc1cc(SCC(=O)O[C@@H](C)C(=O)Nc2ccc(C#N)cc2)nc2ccccc12. The molecule has 0 unspecified atom stereocenters. The number of benzene rings is 2. The number of carbonyl (C=O) groups is 2. The van der Waals surface area contributed by atoms with Gasteiger partial charge in [-0.2, -0.15) is 5.26 Å². The van der Waals surface area contributed by atoms with Crippen LogP contribution < -0.4 is 5.32 Å². The molecule has 6 nitrogen and oxygen atoms in total. The van der Waals surface area contributed by atoms with Crippen LogP contribution in [-0.2, 0) is 14.3 Å².